The molecule has 21 heavy (non-hydrogen) atoms. The molecule has 3 nitrogen and oxygen atoms in total. The first kappa shape index (κ1) is 17.5. The van der Waals surface area contributed by atoms with Crippen molar-refractivity contribution in [3.05, 3.63) is 48.0 Å². The van der Waals surface area contributed by atoms with E-state index < -0.39 is 11.5 Å². The second kappa shape index (κ2) is 7.43. The molecule has 0 heterocycles. The average Bonchev–Trinajstić information content (AvgIpc) is 2.45. The van der Waals surface area contributed by atoms with Gasteiger partial charge in [0.15, 0.2) is 0 Å². The molecule has 0 radical (unpaired) electrons. The van der Waals surface area contributed by atoms with Gasteiger partial charge in [0, 0.05) is 6.42 Å². The molecule has 4 heteroatoms. The average molecular weight is 308 g/mol. The number of benzene rings is 2. The number of carbonyl (C=O) groups is 1. The molecule has 0 saturated carbocycles. The number of hydrogen-bond donors (Lipinski definition) is 2. The third-order valence-electron chi connectivity index (χ3n) is 3.74. The third-order valence-corrected chi connectivity index (χ3v) is 3.74. The van der Waals surface area contributed by atoms with Crippen molar-refractivity contribution in [3.63, 3.8) is 0 Å². The zero-order chi connectivity index (χ0) is 14.6. The van der Waals surface area contributed by atoms with Gasteiger partial charge >= 0.3 is 5.97 Å². The van der Waals surface area contributed by atoms with Gasteiger partial charge in [-0.1, -0.05) is 62.2 Å². The Bertz CT molecular complexity index is 615. The van der Waals surface area contributed by atoms with Crippen molar-refractivity contribution in [2.45, 2.75) is 38.1 Å². The zero-order valence-corrected chi connectivity index (χ0v) is 13.0. The first-order chi connectivity index (χ1) is 9.55. The lowest BCUT2D eigenvalue weighted by molar-refractivity contribution is -0.143. The number of carboxylic acid groups (broad SMARTS) is 1. The number of hydrogen-bond acceptors (Lipinski definition) is 2. The summed E-state index contributed by atoms with van der Waals surface area (Å²) in [5.74, 6) is -0.917. The molecule has 0 aliphatic rings. The smallest absolute Gasteiger partial charge is 0.324 e. The van der Waals surface area contributed by atoms with Gasteiger partial charge < -0.3 is 10.8 Å². The van der Waals surface area contributed by atoms with Gasteiger partial charge in [0.25, 0.3) is 0 Å². The molecule has 0 amide bonds. The van der Waals surface area contributed by atoms with Crippen LogP contribution in [0, 0.1) is 0 Å². The summed E-state index contributed by atoms with van der Waals surface area (Å²) in [6.45, 7) is 2.04. The predicted molar refractivity (Wildman–Crippen MR) is 89.0 cm³/mol. The van der Waals surface area contributed by atoms with E-state index in [0.717, 1.165) is 29.2 Å². The van der Waals surface area contributed by atoms with Crippen LogP contribution in [0.25, 0.3) is 10.8 Å². The Morgan fingerprint density at radius 3 is 2.48 bits per heavy atom. The van der Waals surface area contributed by atoms with E-state index in [4.69, 9.17) is 5.73 Å². The fourth-order valence-electron chi connectivity index (χ4n) is 2.48. The van der Waals surface area contributed by atoms with Gasteiger partial charge in [-0.05, 0) is 22.8 Å². The third kappa shape index (κ3) is 4.19. The molecule has 0 aliphatic heterocycles. The summed E-state index contributed by atoms with van der Waals surface area (Å²) >= 11 is 0. The highest BCUT2D eigenvalue weighted by molar-refractivity contribution is 5.85. The Morgan fingerprint density at radius 2 is 1.86 bits per heavy atom. The molecule has 1 atom stereocenters. The summed E-state index contributed by atoms with van der Waals surface area (Å²) in [5.41, 5.74) is 5.91. The minimum Gasteiger partial charge on any atom is -0.480 e. The number of halogens is 1. The minimum absolute atomic E-state index is 0. The molecule has 2 aromatic rings. The minimum atomic E-state index is -1.17. The van der Waals surface area contributed by atoms with Crippen LogP contribution in [0.5, 0.6) is 0 Å². The highest BCUT2D eigenvalue weighted by Crippen LogP contribution is 2.22. The van der Waals surface area contributed by atoms with Gasteiger partial charge in [0.1, 0.15) is 5.54 Å². The molecule has 2 aromatic carbocycles. The van der Waals surface area contributed by atoms with Gasteiger partial charge in [-0.2, -0.15) is 0 Å². The maximum atomic E-state index is 11.5. The second-order valence-electron chi connectivity index (χ2n) is 5.42. The molecule has 0 unspecified atom stereocenters. The molecule has 114 valence electrons. The van der Waals surface area contributed by atoms with Gasteiger partial charge in [-0.3, -0.25) is 4.79 Å². The Hall–Kier alpha value is -1.58. The summed E-state index contributed by atoms with van der Waals surface area (Å²) in [6.07, 6.45) is 2.65. The number of carboxylic acids is 1. The van der Waals surface area contributed by atoms with Gasteiger partial charge in [0.2, 0.25) is 0 Å². The number of unbranched alkanes of at least 4 members (excludes halogenated alkanes) is 1. The summed E-state index contributed by atoms with van der Waals surface area (Å²) in [6, 6.07) is 14.1. The standard InChI is InChI=1S/C17H21NO2.ClH/c1-2-3-10-17(18,16(19)20)12-13-8-9-14-6-4-5-7-15(14)11-13;/h4-9,11H,2-3,10,12,18H2,1H3,(H,19,20);1H/t17-;/m1./s1. The molecule has 0 aliphatic carbocycles. The van der Waals surface area contributed by atoms with Crippen molar-refractivity contribution < 1.29 is 9.90 Å². The molecule has 0 aromatic heterocycles. The topological polar surface area (TPSA) is 63.3 Å². The van der Waals surface area contributed by atoms with Crippen LogP contribution in [-0.4, -0.2) is 16.6 Å². The van der Waals surface area contributed by atoms with Gasteiger partial charge in [0.05, 0.1) is 0 Å². The lowest BCUT2D eigenvalue weighted by Gasteiger charge is -2.24. The van der Waals surface area contributed by atoms with E-state index in [1.807, 2.05) is 49.4 Å². The van der Waals surface area contributed by atoms with E-state index >= 15 is 0 Å². The van der Waals surface area contributed by atoms with E-state index in [2.05, 4.69) is 0 Å². The summed E-state index contributed by atoms with van der Waals surface area (Å²) < 4.78 is 0. The van der Waals surface area contributed by atoms with Crippen LogP contribution < -0.4 is 5.73 Å². The molecular weight excluding hydrogens is 286 g/mol. The number of rotatable bonds is 6. The Kier molecular flexibility index (Phi) is 6.19. The number of aliphatic carboxylic acids is 1. The molecule has 0 spiro atoms. The first-order valence-corrected chi connectivity index (χ1v) is 7.05. The van der Waals surface area contributed by atoms with E-state index in [0.29, 0.717) is 12.8 Å². The summed E-state index contributed by atoms with van der Waals surface area (Å²) in [7, 11) is 0. The van der Waals surface area contributed by atoms with E-state index in [1.165, 1.54) is 0 Å². The van der Waals surface area contributed by atoms with E-state index in [1.54, 1.807) is 0 Å². The highest BCUT2D eigenvalue weighted by Gasteiger charge is 2.33. The second-order valence-corrected chi connectivity index (χ2v) is 5.42. The lowest BCUT2D eigenvalue weighted by atomic mass is 9.86. The van der Waals surface area contributed by atoms with E-state index in [-0.39, 0.29) is 12.4 Å². The highest BCUT2D eigenvalue weighted by atomic mass is 35.5. The van der Waals surface area contributed by atoms with Crippen molar-refractivity contribution in [1.82, 2.24) is 0 Å². The Labute approximate surface area is 131 Å². The van der Waals surface area contributed by atoms with Crippen molar-refractivity contribution in [1.29, 1.82) is 0 Å². The summed E-state index contributed by atoms with van der Waals surface area (Å²) in [4.78, 5) is 11.5. The van der Waals surface area contributed by atoms with Crippen molar-refractivity contribution in [3.8, 4) is 0 Å². The molecular formula is C17H22ClNO2. The van der Waals surface area contributed by atoms with Gasteiger partial charge in [-0.25, -0.2) is 0 Å². The zero-order valence-electron chi connectivity index (χ0n) is 12.2. The molecule has 0 fully saturated rings. The number of nitrogens with two attached hydrogens (primary N) is 1. The molecule has 2 rings (SSSR count). The SMILES string of the molecule is CCCC[C@@](N)(Cc1ccc2ccccc2c1)C(=O)O.Cl. The fourth-order valence-corrected chi connectivity index (χ4v) is 2.48. The summed E-state index contributed by atoms with van der Waals surface area (Å²) in [5, 5.41) is 11.7. The Balaban J connectivity index is 0.00000220. The van der Waals surface area contributed by atoms with Crippen LogP contribution in [0.1, 0.15) is 31.7 Å². The Morgan fingerprint density at radius 1 is 1.19 bits per heavy atom. The maximum Gasteiger partial charge on any atom is 0.324 e. The van der Waals surface area contributed by atoms with Crippen LogP contribution >= 0.6 is 12.4 Å². The normalized spacial score (nSPS) is 13.4. The molecule has 0 saturated heterocycles. The first-order valence-electron chi connectivity index (χ1n) is 7.05. The van der Waals surface area contributed by atoms with Crippen molar-refractivity contribution >= 4 is 29.1 Å². The quantitative estimate of drug-likeness (QED) is 0.853. The lowest BCUT2D eigenvalue weighted by Crippen LogP contribution is -2.49. The van der Waals surface area contributed by atoms with Crippen LogP contribution in [0.2, 0.25) is 0 Å². The monoisotopic (exact) mass is 307 g/mol. The van der Waals surface area contributed by atoms with Gasteiger partial charge in [-0.15, -0.1) is 12.4 Å². The number of fused-ring (bicyclic) bond motifs is 1. The van der Waals surface area contributed by atoms with Crippen LogP contribution in [-0.2, 0) is 11.2 Å². The van der Waals surface area contributed by atoms with Crippen LogP contribution in [0.15, 0.2) is 42.5 Å². The molecule has 3 N–H and O–H groups in total. The predicted octanol–water partition coefficient (Wildman–Crippen LogP) is 3.78. The van der Waals surface area contributed by atoms with Crippen LogP contribution in [0.3, 0.4) is 0 Å². The maximum absolute atomic E-state index is 11.5. The fraction of sp³-hybridized carbons (Fsp3) is 0.353. The van der Waals surface area contributed by atoms with Crippen molar-refractivity contribution in [2.24, 2.45) is 5.73 Å². The molecule has 0 bridgehead atoms. The largest absolute Gasteiger partial charge is 0.480 e. The van der Waals surface area contributed by atoms with Crippen LogP contribution in [0.4, 0.5) is 0 Å². The van der Waals surface area contributed by atoms with Crippen molar-refractivity contribution in [2.75, 3.05) is 0 Å². The van der Waals surface area contributed by atoms with E-state index in [9.17, 15) is 9.90 Å².